The lowest BCUT2D eigenvalue weighted by atomic mass is 10.1. The van der Waals surface area contributed by atoms with E-state index >= 15 is 0 Å². The molecule has 2 fully saturated rings. The molecule has 4 rings (SSSR count). The fraction of sp³-hybridized carbons (Fsp3) is 0.421. The van der Waals surface area contributed by atoms with Gasteiger partial charge >= 0.3 is 0 Å². The van der Waals surface area contributed by atoms with Crippen LogP contribution < -0.4 is 10.6 Å². The summed E-state index contributed by atoms with van der Waals surface area (Å²) < 4.78 is 1.80. The number of halogens is 1. The van der Waals surface area contributed by atoms with E-state index in [1.54, 1.807) is 10.9 Å². The molecule has 7 heteroatoms. The second-order valence-electron chi connectivity index (χ2n) is 7.02. The van der Waals surface area contributed by atoms with Gasteiger partial charge in [-0.05, 0) is 50.3 Å². The summed E-state index contributed by atoms with van der Waals surface area (Å²) in [5, 5.41) is 10.8. The van der Waals surface area contributed by atoms with Crippen LogP contribution in [0.1, 0.15) is 53.2 Å². The summed E-state index contributed by atoms with van der Waals surface area (Å²) in [6.07, 6.45) is 5.20. The first kappa shape index (κ1) is 17.1. The molecule has 1 unspecified atom stereocenters. The number of carbonyl (C=O) groups is 2. The van der Waals surface area contributed by atoms with Crippen molar-refractivity contribution in [3.05, 3.63) is 46.2 Å². The van der Waals surface area contributed by atoms with Gasteiger partial charge in [-0.1, -0.05) is 17.7 Å². The van der Waals surface area contributed by atoms with E-state index in [1.807, 2.05) is 25.1 Å². The van der Waals surface area contributed by atoms with Crippen LogP contribution >= 0.6 is 11.6 Å². The van der Waals surface area contributed by atoms with Gasteiger partial charge in [-0.3, -0.25) is 9.59 Å². The Morgan fingerprint density at radius 1 is 1.35 bits per heavy atom. The number of aromatic nitrogens is 2. The minimum absolute atomic E-state index is 0.115. The van der Waals surface area contributed by atoms with E-state index in [1.165, 1.54) is 0 Å². The number of nitrogens with zero attached hydrogens (tertiary/aromatic N) is 2. The number of piperidine rings is 1. The highest BCUT2D eigenvalue weighted by Crippen LogP contribution is 2.42. The smallest absolute Gasteiger partial charge is 0.255 e. The lowest BCUT2D eigenvalue weighted by Crippen LogP contribution is -2.50. The third-order valence-corrected chi connectivity index (χ3v) is 5.41. The molecule has 6 nitrogen and oxygen atoms in total. The highest BCUT2D eigenvalue weighted by atomic mass is 35.5. The number of hydrogen-bond acceptors (Lipinski definition) is 3. The van der Waals surface area contributed by atoms with E-state index in [0.29, 0.717) is 29.5 Å². The Morgan fingerprint density at radius 2 is 2.15 bits per heavy atom. The van der Waals surface area contributed by atoms with Gasteiger partial charge in [0.15, 0.2) is 0 Å². The zero-order chi connectivity index (χ0) is 18.3. The normalized spacial score (nSPS) is 19.9. The second-order valence-corrected chi connectivity index (χ2v) is 7.43. The molecule has 0 spiro atoms. The highest BCUT2D eigenvalue weighted by Gasteiger charge is 2.34. The summed E-state index contributed by atoms with van der Waals surface area (Å²) in [7, 11) is 0. The molecule has 0 bridgehead atoms. The topological polar surface area (TPSA) is 76.0 Å². The second kappa shape index (κ2) is 6.76. The van der Waals surface area contributed by atoms with Gasteiger partial charge in [0.2, 0.25) is 5.91 Å². The lowest BCUT2D eigenvalue weighted by molar-refractivity contribution is -0.124. The number of amides is 2. The van der Waals surface area contributed by atoms with Gasteiger partial charge in [0.25, 0.3) is 5.91 Å². The Kier molecular flexibility index (Phi) is 4.44. The molecule has 2 heterocycles. The number of hydrogen-bond donors (Lipinski definition) is 2. The van der Waals surface area contributed by atoms with Crippen LogP contribution in [0.2, 0.25) is 5.02 Å². The number of nitrogens with one attached hydrogen (secondary N) is 2. The SMILES string of the molecule is Cc1ccc(-n2ncc(C(=O)NC3CCCNC3=O)c2C2CC2)cc1Cl. The molecule has 1 atom stereocenters. The molecule has 1 aliphatic heterocycles. The van der Waals surface area contributed by atoms with E-state index in [2.05, 4.69) is 15.7 Å². The quantitative estimate of drug-likeness (QED) is 0.866. The summed E-state index contributed by atoms with van der Waals surface area (Å²) in [6.45, 7) is 2.62. The third-order valence-electron chi connectivity index (χ3n) is 5.01. The first-order valence-corrected chi connectivity index (χ1v) is 9.35. The zero-order valence-electron chi connectivity index (χ0n) is 14.6. The van der Waals surface area contributed by atoms with Gasteiger partial charge in [0, 0.05) is 17.5 Å². The first-order chi connectivity index (χ1) is 12.5. The van der Waals surface area contributed by atoms with Gasteiger partial charge in [-0.25, -0.2) is 4.68 Å². The van der Waals surface area contributed by atoms with Crippen LogP contribution in [0.25, 0.3) is 5.69 Å². The summed E-state index contributed by atoms with van der Waals surface area (Å²) in [5.74, 6) is -0.0350. The van der Waals surface area contributed by atoms with Crippen molar-refractivity contribution in [2.45, 2.75) is 44.6 Å². The Balaban J connectivity index is 1.64. The Hall–Kier alpha value is -2.34. The third kappa shape index (κ3) is 3.21. The monoisotopic (exact) mass is 372 g/mol. The minimum atomic E-state index is -0.472. The molecular weight excluding hydrogens is 352 g/mol. The van der Waals surface area contributed by atoms with Gasteiger partial charge in [-0.15, -0.1) is 0 Å². The molecule has 2 aliphatic rings. The number of carbonyl (C=O) groups excluding carboxylic acids is 2. The van der Waals surface area contributed by atoms with E-state index in [0.717, 1.165) is 36.2 Å². The number of rotatable bonds is 4. The molecule has 2 amide bonds. The van der Waals surface area contributed by atoms with Crippen molar-refractivity contribution in [1.82, 2.24) is 20.4 Å². The fourth-order valence-corrected chi connectivity index (χ4v) is 3.52. The average molecular weight is 373 g/mol. The van der Waals surface area contributed by atoms with Crippen LogP contribution in [0.4, 0.5) is 0 Å². The molecule has 2 N–H and O–H groups in total. The van der Waals surface area contributed by atoms with Gasteiger partial charge in [-0.2, -0.15) is 5.10 Å². The van der Waals surface area contributed by atoms with E-state index < -0.39 is 6.04 Å². The molecule has 2 aromatic rings. The standard InChI is InChI=1S/C19H21ClN4O2/c1-11-4-7-13(9-15(11)20)24-17(12-5-6-12)14(10-22-24)18(25)23-16-3-2-8-21-19(16)26/h4,7,9-10,12,16H,2-3,5-6,8H2,1H3,(H,21,26)(H,23,25). The molecule has 26 heavy (non-hydrogen) atoms. The molecule has 1 aromatic heterocycles. The molecule has 1 saturated heterocycles. The predicted molar refractivity (Wildman–Crippen MR) is 98.8 cm³/mol. The van der Waals surface area contributed by atoms with E-state index in [4.69, 9.17) is 11.6 Å². The largest absolute Gasteiger partial charge is 0.354 e. The summed E-state index contributed by atoms with van der Waals surface area (Å²) in [5.41, 5.74) is 3.29. The molecule has 1 saturated carbocycles. The predicted octanol–water partition coefficient (Wildman–Crippen LogP) is 2.72. The van der Waals surface area contributed by atoms with Crippen molar-refractivity contribution >= 4 is 23.4 Å². The molecule has 1 aliphatic carbocycles. The Labute approximate surface area is 156 Å². The van der Waals surface area contributed by atoms with Crippen LogP contribution in [0.3, 0.4) is 0 Å². The summed E-state index contributed by atoms with van der Waals surface area (Å²) >= 11 is 6.26. The van der Waals surface area contributed by atoms with E-state index in [9.17, 15) is 9.59 Å². The van der Waals surface area contributed by atoms with Crippen LogP contribution in [-0.2, 0) is 4.79 Å². The molecule has 136 valence electrons. The van der Waals surface area contributed by atoms with Crippen molar-refractivity contribution in [1.29, 1.82) is 0 Å². The maximum absolute atomic E-state index is 12.8. The first-order valence-electron chi connectivity index (χ1n) is 8.97. The highest BCUT2D eigenvalue weighted by molar-refractivity contribution is 6.31. The summed E-state index contributed by atoms with van der Waals surface area (Å²) in [6, 6.07) is 5.30. The van der Waals surface area contributed by atoms with Gasteiger partial charge < -0.3 is 10.6 Å². The fourth-order valence-electron chi connectivity index (χ4n) is 3.35. The number of aryl methyl sites for hydroxylation is 1. The van der Waals surface area contributed by atoms with Crippen molar-refractivity contribution in [2.75, 3.05) is 6.54 Å². The van der Waals surface area contributed by atoms with Crippen molar-refractivity contribution in [2.24, 2.45) is 0 Å². The van der Waals surface area contributed by atoms with Crippen molar-refractivity contribution < 1.29 is 9.59 Å². The van der Waals surface area contributed by atoms with E-state index in [-0.39, 0.29) is 11.8 Å². The minimum Gasteiger partial charge on any atom is -0.354 e. The molecule has 0 radical (unpaired) electrons. The maximum atomic E-state index is 12.8. The Bertz CT molecular complexity index is 872. The van der Waals surface area contributed by atoms with Crippen molar-refractivity contribution in [3.63, 3.8) is 0 Å². The van der Waals surface area contributed by atoms with Gasteiger partial charge in [0.1, 0.15) is 6.04 Å². The summed E-state index contributed by atoms with van der Waals surface area (Å²) in [4.78, 5) is 24.7. The molecular formula is C19H21ClN4O2. The van der Waals surface area contributed by atoms with Crippen LogP contribution in [0, 0.1) is 6.92 Å². The van der Waals surface area contributed by atoms with Crippen LogP contribution in [0.15, 0.2) is 24.4 Å². The number of benzene rings is 1. The van der Waals surface area contributed by atoms with Crippen LogP contribution in [-0.4, -0.2) is 34.2 Å². The van der Waals surface area contributed by atoms with Gasteiger partial charge in [0.05, 0.1) is 23.1 Å². The zero-order valence-corrected chi connectivity index (χ0v) is 15.3. The molecule has 1 aromatic carbocycles. The van der Waals surface area contributed by atoms with Crippen molar-refractivity contribution in [3.8, 4) is 5.69 Å². The Morgan fingerprint density at radius 3 is 2.85 bits per heavy atom. The van der Waals surface area contributed by atoms with Crippen LogP contribution in [0.5, 0.6) is 0 Å². The maximum Gasteiger partial charge on any atom is 0.255 e. The average Bonchev–Trinajstić information content (AvgIpc) is 3.37. The lowest BCUT2D eigenvalue weighted by Gasteiger charge is -2.22.